The highest BCUT2D eigenvalue weighted by atomic mass is 16.2. The second-order valence-corrected chi connectivity index (χ2v) is 5.44. The molecule has 22 heavy (non-hydrogen) atoms. The maximum atomic E-state index is 12.5. The minimum absolute atomic E-state index is 0.0123. The lowest BCUT2D eigenvalue weighted by Gasteiger charge is -2.17. The van der Waals surface area contributed by atoms with E-state index in [0.29, 0.717) is 12.0 Å². The molecule has 1 heterocycles. The highest BCUT2D eigenvalue weighted by Gasteiger charge is 2.20. The number of fused-ring (bicyclic) bond motifs is 1. The predicted molar refractivity (Wildman–Crippen MR) is 85.7 cm³/mol. The molecule has 4 heteroatoms. The number of nitrogens with one attached hydrogen (secondary N) is 2. The average Bonchev–Trinajstić information content (AvgIpc) is 2.92. The van der Waals surface area contributed by atoms with Crippen molar-refractivity contribution in [2.24, 2.45) is 0 Å². The maximum absolute atomic E-state index is 12.5. The highest BCUT2D eigenvalue weighted by Crippen LogP contribution is 2.24. The first-order valence-corrected chi connectivity index (χ1v) is 7.46. The second kappa shape index (κ2) is 6.02. The van der Waals surface area contributed by atoms with Crippen molar-refractivity contribution < 1.29 is 9.59 Å². The summed E-state index contributed by atoms with van der Waals surface area (Å²) in [4.78, 5) is 23.8. The van der Waals surface area contributed by atoms with Gasteiger partial charge in [-0.05, 0) is 35.7 Å². The number of hydrogen-bond donors (Lipinski definition) is 2. The quantitative estimate of drug-likeness (QED) is 0.910. The van der Waals surface area contributed by atoms with Gasteiger partial charge in [0.25, 0.3) is 5.91 Å². The number of hydrogen-bond acceptors (Lipinski definition) is 2. The van der Waals surface area contributed by atoms with Crippen LogP contribution in [0.1, 0.15) is 40.9 Å². The van der Waals surface area contributed by atoms with E-state index in [1.807, 2.05) is 37.3 Å². The summed E-state index contributed by atoms with van der Waals surface area (Å²) in [6, 6.07) is 15.2. The molecule has 0 saturated carbocycles. The molecule has 0 saturated heterocycles. The van der Waals surface area contributed by atoms with Gasteiger partial charge in [0.15, 0.2) is 0 Å². The van der Waals surface area contributed by atoms with E-state index in [2.05, 4.69) is 10.6 Å². The lowest BCUT2D eigenvalue weighted by atomic mass is 10.0. The monoisotopic (exact) mass is 294 g/mol. The first-order valence-electron chi connectivity index (χ1n) is 7.46. The molecule has 0 aliphatic carbocycles. The summed E-state index contributed by atoms with van der Waals surface area (Å²) >= 11 is 0. The average molecular weight is 294 g/mol. The Morgan fingerprint density at radius 3 is 2.73 bits per heavy atom. The molecule has 1 aliphatic rings. The van der Waals surface area contributed by atoms with Crippen molar-refractivity contribution in [2.45, 2.75) is 25.8 Å². The van der Waals surface area contributed by atoms with Crippen molar-refractivity contribution in [1.82, 2.24) is 5.32 Å². The Kier molecular flexibility index (Phi) is 3.92. The molecule has 4 nitrogen and oxygen atoms in total. The number of anilines is 1. The predicted octanol–water partition coefficient (Wildman–Crippen LogP) is 3.06. The zero-order chi connectivity index (χ0) is 15.5. The van der Waals surface area contributed by atoms with Gasteiger partial charge in [0.2, 0.25) is 5.91 Å². The van der Waals surface area contributed by atoms with E-state index in [1.54, 1.807) is 18.2 Å². The molecule has 1 atom stereocenters. The molecular formula is C18H18N2O2. The summed E-state index contributed by atoms with van der Waals surface area (Å²) in [6.07, 6.45) is 1.16. The van der Waals surface area contributed by atoms with Crippen LogP contribution < -0.4 is 10.6 Å². The number of amides is 2. The van der Waals surface area contributed by atoms with Crippen LogP contribution in [0, 0.1) is 0 Å². The summed E-state index contributed by atoms with van der Waals surface area (Å²) in [6.45, 7) is 2.04. The van der Waals surface area contributed by atoms with E-state index in [-0.39, 0.29) is 17.9 Å². The molecule has 0 aromatic heterocycles. The van der Waals surface area contributed by atoms with Crippen LogP contribution in [0.4, 0.5) is 5.69 Å². The Bertz CT molecular complexity index is 710. The molecule has 2 N–H and O–H groups in total. The Labute approximate surface area is 129 Å². The van der Waals surface area contributed by atoms with Crippen molar-refractivity contribution in [2.75, 3.05) is 5.32 Å². The van der Waals surface area contributed by atoms with E-state index < -0.39 is 0 Å². The van der Waals surface area contributed by atoms with Gasteiger partial charge in [-0.1, -0.05) is 37.3 Å². The fraction of sp³-hybridized carbons (Fsp3) is 0.222. The molecule has 2 aromatic rings. The van der Waals surface area contributed by atoms with Crippen LogP contribution in [-0.4, -0.2) is 11.8 Å². The van der Waals surface area contributed by atoms with Crippen molar-refractivity contribution in [3.63, 3.8) is 0 Å². The van der Waals surface area contributed by atoms with Crippen LogP contribution in [0.5, 0.6) is 0 Å². The van der Waals surface area contributed by atoms with Crippen molar-refractivity contribution in [1.29, 1.82) is 0 Å². The minimum atomic E-state index is -0.113. The van der Waals surface area contributed by atoms with Gasteiger partial charge >= 0.3 is 0 Å². The molecule has 2 amide bonds. The number of carbonyl (C=O) groups is 2. The van der Waals surface area contributed by atoms with Crippen LogP contribution >= 0.6 is 0 Å². The van der Waals surface area contributed by atoms with Crippen LogP contribution in [0.15, 0.2) is 48.5 Å². The van der Waals surface area contributed by atoms with Crippen molar-refractivity contribution in [3.8, 4) is 0 Å². The molecule has 0 bridgehead atoms. The normalized spacial score (nSPS) is 14.1. The van der Waals surface area contributed by atoms with Gasteiger partial charge in [-0.2, -0.15) is 0 Å². The van der Waals surface area contributed by atoms with E-state index in [1.165, 1.54) is 0 Å². The highest BCUT2D eigenvalue weighted by molar-refractivity contribution is 6.01. The molecule has 0 radical (unpaired) electrons. The third kappa shape index (κ3) is 2.86. The van der Waals surface area contributed by atoms with Gasteiger partial charge < -0.3 is 10.6 Å². The van der Waals surface area contributed by atoms with E-state index in [9.17, 15) is 9.59 Å². The van der Waals surface area contributed by atoms with Gasteiger partial charge in [0, 0.05) is 11.3 Å². The van der Waals surface area contributed by atoms with Crippen LogP contribution in [0.2, 0.25) is 0 Å². The number of rotatable bonds is 4. The number of benzene rings is 2. The lowest BCUT2D eigenvalue weighted by molar-refractivity contribution is -0.115. The third-order valence-corrected chi connectivity index (χ3v) is 3.91. The van der Waals surface area contributed by atoms with E-state index >= 15 is 0 Å². The van der Waals surface area contributed by atoms with E-state index in [0.717, 1.165) is 23.2 Å². The summed E-state index contributed by atoms with van der Waals surface area (Å²) < 4.78 is 0. The third-order valence-electron chi connectivity index (χ3n) is 3.91. The van der Waals surface area contributed by atoms with Gasteiger partial charge in [0.05, 0.1) is 12.5 Å². The standard InChI is InChI=1S/C18H18N2O2/c1-2-15(12-6-4-3-5-7-12)20-18(22)13-8-9-16-14(10-13)11-17(21)19-16/h3-10,15H,2,11H2,1H3,(H,19,21)(H,20,22)/t15-/m1/s1. The van der Waals surface area contributed by atoms with E-state index in [4.69, 9.17) is 0 Å². The molecule has 0 fully saturated rings. The zero-order valence-electron chi connectivity index (χ0n) is 12.4. The SMILES string of the molecule is CC[C@@H](NC(=O)c1ccc2c(c1)CC(=O)N2)c1ccccc1. The Balaban J connectivity index is 1.77. The number of carbonyl (C=O) groups excluding carboxylic acids is 2. The minimum Gasteiger partial charge on any atom is -0.345 e. The molecule has 112 valence electrons. The fourth-order valence-electron chi connectivity index (χ4n) is 2.72. The van der Waals surface area contributed by atoms with Crippen LogP contribution in [0.3, 0.4) is 0 Å². The van der Waals surface area contributed by atoms with Crippen molar-refractivity contribution >= 4 is 17.5 Å². The summed E-state index contributed by atoms with van der Waals surface area (Å²) in [5.74, 6) is -0.138. The second-order valence-electron chi connectivity index (χ2n) is 5.44. The molecule has 0 unspecified atom stereocenters. The Morgan fingerprint density at radius 1 is 1.23 bits per heavy atom. The summed E-state index contributed by atoms with van der Waals surface area (Å²) in [5.41, 5.74) is 3.36. The van der Waals surface area contributed by atoms with Gasteiger partial charge in [0.1, 0.15) is 0 Å². The van der Waals surface area contributed by atoms with Gasteiger partial charge in [-0.25, -0.2) is 0 Å². The van der Waals surface area contributed by atoms with Crippen LogP contribution in [-0.2, 0) is 11.2 Å². The first-order chi connectivity index (χ1) is 10.7. The van der Waals surface area contributed by atoms with Gasteiger partial charge in [-0.15, -0.1) is 0 Å². The maximum Gasteiger partial charge on any atom is 0.251 e. The lowest BCUT2D eigenvalue weighted by Crippen LogP contribution is -2.28. The van der Waals surface area contributed by atoms with Gasteiger partial charge in [-0.3, -0.25) is 9.59 Å². The smallest absolute Gasteiger partial charge is 0.251 e. The Hall–Kier alpha value is -2.62. The molecular weight excluding hydrogens is 276 g/mol. The first kappa shape index (κ1) is 14.3. The molecule has 0 spiro atoms. The summed E-state index contributed by atoms with van der Waals surface area (Å²) in [7, 11) is 0. The zero-order valence-corrected chi connectivity index (χ0v) is 12.4. The fourth-order valence-corrected chi connectivity index (χ4v) is 2.72. The summed E-state index contributed by atoms with van der Waals surface area (Å²) in [5, 5.41) is 5.83. The molecule has 2 aromatic carbocycles. The Morgan fingerprint density at radius 2 is 2.00 bits per heavy atom. The molecule has 3 rings (SSSR count). The molecule has 1 aliphatic heterocycles. The topological polar surface area (TPSA) is 58.2 Å². The van der Waals surface area contributed by atoms with Crippen LogP contribution in [0.25, 0.3) is 0 Å². The van der Waals surface area contributed by atoms with Crippen molar-refractivity contribution in [3.05, 3.63) is 65.2 Å². The largest absolute Gasteiger partial charge is 0.345 e.